The van der Waals surface area contributed by atoms with Crippen LogP contribution in [0.5, 0.6) is 0 Å². The van der Waals surface area contributed by atoms with Crippen LogP contribution in [0.3, 0.4) is 0 Å². The van der Waals surface area contributed by atoms with Crippen molar-refractivity contribution in [3.63, 3.8) is 0 Å². The summed E-state index contributed by atoms with van der Waals surface area (Å²) >= 11 is 0. The van der Waals surface area contributed by atoms with Crippen LogP contribution in [0, 0.1) is 62.2 Å². The minimum absolute atomic E-state index is 0.0103. The van der Waals surface area contributed by atoms with Gasteiger partial charge in [0.1, 0.15) is 102 Å². The lowest BCUT2D eigenvalue weighted by atomic mass is 9.85. The summed E-state index contributed by atoms with van der Waals surface area (Å²) in [6.45, 7) is 47.7. The molecule has 44 heteroatoms. The largest absolute Gasteiger partial charge is 0.515 e. The Morgan fingerprint density at radius 1 is 0.411 bits per heavy atom. The fourth-order valence-corrected chi connectivity index (χ4v) is 13.2. The van der Waals surface area contributed by atoms with Crippen molar-refractivity contribution < 1.29 is 205 Å². The van der Waals surface area contributed by atoms with E-state index in [1.807, 2.05) is 141 Å². The van der Waals surface area contributed by atoms with Crippen molar-refractivity contribution >= 4 is 103 Å². The van der Waals surface area contributed by atoms with Crippen molar-refractivity contribution in [2.45, 2.75) is 341 Å². The van der Waals surface area contributed by atoms with E-state index in [4.69, 9.17) is 111 Å². The number of nitrogens with zero attached hydrogens (tertiary/aromatic N) is 1. The summed E-state index contributed by atoms with van der Waals surface area (Å²) < 4.78 is 130. The maximum atomic E-state index is 12.1. The molecule has 0 spiro atoms. The highest BCUT2D eigenvalue weighted by Gasteiger charge is 2.53. The van der Waals surface area contributed by atoms with Gasteiger partial charge < -0.3 is 123 Å². The van der Waals surface area contributed by atoms with Gasteiger partial charge in [-0.1, -0.05) is 85.7 Å². The molecule has 7 heterocycles. The van der Waals surface area contributed by atoms with Crippen molar-refractivity contribution in [2.75, 3.05) is 73.7 Å². The van der Waals surface area contributed by atoms with E-state index in [-0.39, 0.29) is 137 Å². The highest BCUT2D eigenvalue weighted by atomic mass is 16.8. The minimum Gasteiger partial charge on any atom is -0.466 e. The van der Waals surface area contributed by atoms with E-state index in [1.54, 1.807) is 41.5 Å². The molecule has 0 aromatic heterocycles. The number of ether oxygens (including phenoxy) is 26. The van der Waals surface area contributed by atoms with Crippen LogP contribution in [-0.2, 0) is 178 Å². The molecule has 794 valence electrons. The van der Waals surface area contributed by atoms with Crippen LogP contribution >= 0.6 is 0 Å². The Morgan fingerprint density at radius 3 is 1.38 bits per heavy atom. The first-order chi connectivity index (χ1) is 66.0. The molecule has 11 rings (SSSR count). The van der Waals surface area contributed by atoms with Gasteiger partial charge in [0.2, 0.25) is 18.5 Å². The molecule has 1 aromatic carbocycles. The molecular formula is C97H143NO43. The normalized spacial score (nSPS) is 25.0. The van der Waals surface area contributed by atoms with Gasteiger partial charge in [-0.3, -0.25) is 48.0 Å². The molecule has 18 unspecified atom stereocenters. The van der Waals surface area contributed by atoms with Crippen molar-refractivity contribution in [3.05, 3.63) is 47.3 Å². The van der Waals surface area contributed by atoms with E-state index in [0.717, 1.165) is 44.8 Å². The predicted molar refractivity (Wildman–Crippen MR) is 482 cm³/mol. The molecule has 10 aliphatic rings. The standard InChI is InChI=1S/C18H24O6.C16H24O10.2C14H22O5.C12H18O7.C12H18O5.C11H15NO5/c1-4-18(2,3)16(19)22-11-14(15-12-23-17(20)24-15)21-10-13-8-6-5-7-9-13;1-5-16(2,3)14(19)23-7-6-22-11(17)8-12(18)24-9-10-13(21-4)26-15(20)25-10;1-5-14(3,4)12(15)17-7-9-8(2)10-6-11(9)19-13(16)18-10;1-4-14(2,3)12(15)17-8-9-5-6-10-11(7-9)19-13(16)18-10;1-5-12(2,3)10(14)17-6-7-8(9(13)16-4)19-11(15)18-7;1-4-12(2,3)10(13)16-8-5-7-6-9(8)17-11(14)15-7;1-5-11(2,3)9(13)15-6-7-8(12-4)17-10(14)16-7/h5-9,14-15H,4,10-12H2,1-3H3;10,13H,5-9H2,1-4H3;8-11H,5-7H2,1-4H3;9-11H,4-8H2,1-3H3;7-8H,5-6H2,1-4H3;7-9H,4-6H2,1-3H3;7-8H,5-6H2,1-3H3. The van der Waals surface area contributed by atoms with Crippen molar-refractivity contribution in [1.29, 1.82) is 0 Å². The van der Waals surface area contributed by atoms with E-state index >= 15 is 0 Å². The first-order valence-corrected chi connectivity index (χ1v) is 47.3. The van der Waals surface area contributed by atoms with E-state index in [2.05, 4.69) is 23.8 Å². The van der Waals surface area contributed by atoms with Crippen LogP contribution in [0.1, 0.15) is 248 Å². The number of esters is 10. The van der Waals surface area contributed by atoms with Crippen LogP contribution in [0.25, 0.3) is 4.85 Å². The topological polar surface area (TPSA) is 535 Å². The second kappa shape index (κ2) is 55.0. The predicted octanol–water partition coefficient (Wildman–Crippen LogP) is 14.1. The van der Waals surface area contributed by atoms with Crippen molar-refractivity contribution in [2.24, 2.45) is 55.7 Å². The average molecular weight is 2010 g/mol. The highest BCUT2D eigenvalue weighted by molar-refractivity contribution is 5.91. The summed E-state index contributed by atoms with van der Waals surface area (Å²) in [6, 6.07) is 9.61. The third kappa shape index (κ3) is 37.6. The fourth-order valence-electron chi connectivity index (χ4n) is 13.2. The Hall–Kier alpha value is -11.8. The zero-order valence-electron chi connectivity index (χ0n) is 85.3. The highest BCUT2D eigenvalue weighted by Crippen LogP contribution is 2.42. The number of fused-ring (bicyclic) bond motifs is 5. The average Bonchev–Trinajstić information content (AvgIpc) is 1.64. The second-order valence-corrected chi connectivity index (χ2v) is 39.2. The lowest BCUT2D eigenvalue weighted by Crippen LogP contribution is -2.38. The lowest BCUT2D eigenvalue weighted by Gasteiger charge is -2.29. The molecule has 18 atom stereocenters. The zero-order valence-corrected chi connectivity index (χ0v) is 85.3. The maximum absolute atomic E-state index is 12.1. The number of carbonyl (C=O) groups is 17. The molecule has 0 N–H and O–H groups in total. The SMILES string of the molecule is CCC(C)(C)C(=O)OC1CC2CC1OC(=O)O2.CCC(C)(C)C(=O)OCC(OCc1ccccc1)C1COC(=O)O1.CCC(C)(C)C(=O)OCC1C2CC(OC(=O)O2)C1C.CCC(C)(C)C(=O)OCC1CCC2OC(=O)OC2C1.CCC(C)(C)C(=O)OCC1OC(=O)OC1C(=O)OC.CCC(C)(C)C(=O)OCCOC(=O)CC(=O)OCC1OC(=O)OC1OC.[C-]#[N+]C1OC(=O)OC1COC(=O)C(C)(C)CC. The number of hydrogen-bond acceptors (Lipinski definition) is 43. The molecule has 3 saturated carbocycles. The van der Waals surface area contributed by atoms with Gasteiger partial charge in [-0.2, -0.15) is 0 Å². The minimum atomic E-state index is -1.20. The quantitative estimate of drug-likeness (QED) is 0.0195. The Bertz CT molecular complexity index is 4410. The Kier molecular flexibility index (Phi) is 46.7. The number of cyclic esters (lactones) is 8. The number of hydrogen-bond donors (Lipinski definition) is 0. The van der Waals surface area contributed by atoms with Gasteiger partial charge in [0.15, 0.2) is 12.2 Å². The van der Waals surface area contributed by atoms with E-state index in [1.165, 1.54) is 7.11 Å². The lowest BCUT2D eigenvalue weighted by molar-refractivity contribution is -0.164. The van der Waals surface area contributed by atoms with Gasteiger partial charge in [-0.25, -0.2) is 44.9 Å². The number of carbonyl (C=O) groups excluding carboxylic acids is 17. The molecule has 7 aliphatic heterocycles. The Labute approximate surface area is 821 Å². The van der Waals surface area contributed by atoms with Gasteiger partial charge in [0, 0.05) is 38.2 Å². The molecule has 4 bridgehead atoms. The summed E-state index contributed by atoms with van der Waals surface area (Å²) in [5.41, 5.74) is -2.81. The van der Waals surface area contributed by atoms with E-state index in [0.29, 0.717) is 71.2 Å². The third-order valence-electron chi connectivity index (χ3n) is 26.0. The van der Waals surface area contributed by atoms with E-state index in [9.17, 15) is 81.5 Å². The number of benzene rings is 1. The summed E-state index contributed by atoms with van der Waals surface area (Å²) in [4.78, 5) is 198. The smallest absolute Gasteiger partial charge is 0.466 e. The third-order valence-corrected chi connectivity index (χ3v) is 26.0. The molecule has 1 aromatic rings. The molecule has 10 fully saturated rings. The van der Waals surface area contributed by atoms with E-state index < -0.39 is 166 Å². The summed E-state index contributed by atoms with van der Waals surface area (Å²) in [6.07, 6.45) is -5.50. The van der Waals surface area contributed by atoms with Crippen LogP contribution in [0.4, 0.5) is 33.6 Å². The molecule has 3 aliphatic carbocycles. The van der Waals surface area contributed by atoms with Crippen LogP contribution < -0.4 is 0 Å². The summed E-state index contributed by atoms with van der Waals surface area (Å²) in [5.74, 6) is -4.09. The monoisotopic (exact) mass is 2010 g/mol. The molecule has 141 heavy (non-hydrogen) atoms. The van der Waals surface area contributed by atoms with Gasteiger partial charge in [0.25, 0.3) is 6.10 Å². The molecule has 0 radical (unpaired) electrons. The number of rotatable bonds is 38. The van der Waals surface area contributed by atoms with Crippen LogP contribution in [0.15, 0.2) is 30.3 Å². The van der Waals surface area contributed by atoms with Crippen LogP contribution in [-0.4, -0.2) is 268 Å². The number of methoxy groups -OCH3 is 2. The zero-order chi connectivity index (χ0) is 106. The Balaban J connectivity index is 0.000000291. The summed E-state index contributed by atoms with van der Waals surface area (Å²) in [7, 11) is 2.46. The first-order valence-electron chi connectivity index (χ1n) is 47.3. The fraction of sp³-hybridized carbons (Fsp3) is 0.753. The molecule has 7 saturated heterocycles. The first kappa shape index (κ1) is 120. The van der Waals surface area contributed by atoms with Gasteiger partial charge >= 0.3 is 109 Å². The Morgan fingerprint density at radius 2 is 0.851 bits per heavy atom. The molecular weight excluding hydrogens is 1870 g/mol. The molecule has 44 nitrogen and oxygen atoms in total. The second-order valence-electron chi connectivity index (χ2n) is 39.2. The van der Waals surface area contributed by atoms with Gasteiger partial charge in [0.05, 0.1) is 64.8 Å². The van der Waals surface area contributed by atoms with Gasteiger partial charge in [-0.15, -0.1) is 0 Å². The maximum Gasteiger partial charge on any atom is 0.515 e. The van der Waals surface area contributed by atoms with Crippen molar-refractivity contribution in [3.8, 4) is 0 Å². The molecule has 0 amide bonds. The van der Waals surface area contributed by atoms with Crippen LogP contribution in [0.2, 0.25) is 0 Å². The summed E-state index contributed by atoms with van der Waals surface area (Å²) in [5, 5.41) is 0. The van der Waals surface area contributed by atoms with Gasteiger partial charge in [-0.05, 0) is 173 Å². The van der Waals surface area contributed by atoms with Crippen molar-refractivity contribution in [1.82, 2.24) is 0 Å².